The van der Waals surface area contributed by atoms with Crippen LogP contribution in [0.2, 0.25) is 0 Å². The third-order valence-electron chi connectivity index (χ3n) is 5.59. The van der Waals surface area contributed by atoms with Gasteiger partial charge in [-0.1, -0.05) is 24.3 Å². The second kappa shape index (κ2) is 9.58. The Balaban J connectivity index is 1.39. The predicted octanol–water partition coefficient (Wildman–Crippen LogP) is 3.30. The molecule has 0 spiro atoms. The van der Waals surface area contributed by atoms with E-state index >= 15 is 0 Å². The number of methoxy groups -OCH3 is 1. The lowest BCUT2D eigenvalue weighted by Gasteiger charge is -2.34. The fourth-order valence-corrected chi connectivity index (χ4v) is 3.98. The number of carbonyl (C=O) groups excluding carboxylic acids is 2. The molecule has 1 fully saturated rings. The van der Waals surface area contributed by atoms with Gasteiger partial charge in [-0.15, -0.1) is 0 Å². The van der Waals surface area contributed by atoms with E-state index in [0.29, 0.717) is 24.8 Å². The van der Waals surface area contributed by atoms with Gasteiger partial charge in [0.25, 0.3) is 0 Å². The fraction of sp³-hybridized carbons (Fsp3) is 0.545. The summed E-state index contributed by atoms with van der Waals surface area (Å²) >= 11 is 0. The summed E-state index contributed by atoms with van der Waals surface area (Å²) in [6, 6.07) is 7.73. The Kier molecular flexibility index (Phi) is 6.91. The number of rotatable bonds is 7. The molecule has 3 rings (SSSR count). The van der Waals surface area contributed by atoms with Crippen LogP contribution in [0.5, 0.6) is 5.75 Å². The van der Waals surface area contributed by atoms with Crippen molar-refractivity contribution in [2.75, 3.05) is 20.2 Å². The van der Waals surface area contributed by atoms with Crippen LogP contribution in [-0.2, 0) is 16.1 Å². The van der Waals surface area contributed by atoms with Gasteiger partial charge in [-0.05, 0) is 55.7 Å². The molecule has 1 aromatic rings. The summed E-state index contributed by atoms with van der Waals surface area (Å²) in [5.41, 5.74) is 1.03. The van der Waals surface area contributed by atoms with Gasteiger partial charge in [0.2, 0.25) is 11.8 Å². The maximum Gasteiger partial charge on any atom is 0.226 e. The number of hydrogen-bond acceptors (Lipinski definition) is 3. The molecule has 1 aromatic carbocycles. The smallest absolute Gasteiger partial charge is 0.226 e. The summed E-state index contributed by atoms with van der Waals surface area (Å²) in [5.74, 6) is 1.74. The third kappa shape index (κ3) is 5.59. The molecule has 5 heteroatoms. The van der Waals surface area contributed by atoms with E-state index in [9.17, 15) is 9.59 Å². The van der Waals surface area contributed by atoms with Gasteiger partial charge in [-0.25, -0.2) is 0 Å². The molecule has 1 aliphatic heterocycles. The number of ether oxygens (including phenoxy) is 1. The van der Waals surface area contributed by atoms with Gasteiger partial charge in [-0.2, -0.15) is 0 Å². The lowest BCUT2D eigenvalue weighted by Crippen LogP contribution is -2.42. The van der Waals surface area contributed by atoms with Crippen molar-refractivity contribution < 1.29 is 14.3 Å². The van der Waals surface area contributed by atoms with Gasteiger partial charge in [0.15, 0.2) is 0 Å². The highest BCUT2D eigenvalue weighted by Gasteiger charge is 2.29. The number of allylic oxidation sites excluding steroid dienone is 2. The molecule has 146 valence electrons. The molecule has 2 aliphatic rings. The Labute approximate surface area is 161 Å². The second-order valence-corrected chi connectivity index (χ2v) is 7.60. The van der Waals surface area contributed by atoms with Crippen LogP contribution >= 0.6 is 0 Å². The molecule has 27 heavy (non-hydrogen) atoms. The van der Waals surface area contributed by atoms with Gasteiger partial charge < -0.3 is 15.0 Å². The molecular weight excluding hydrogens is 340 g/mol. The van der Waals surface area contributed by atoms with Crippen molar-refractivity contribution in [3.8, 4) is 5.75 Å². The summed E-state index contributed by atoms with van der Waals surface area (Å²) < 4.78 is 5.21. The SMILES string of the molecule is COc1cccc(CNC(=O)CCC2CCCN(C(=O)C3CC=CC3)C2)c1. The molecule has 0 saturated carbocycles. The van der Waals surface area contributed by atoms with Crippen LogP contribution in [0.25, 0.3) is 0 Å². The zero-order valence-corrected chi connectivity index (χ0v) is 16.2. The molecule has 0 aromatic heterocycles. The maximum absolute atomic E-state index is 12.6. The van der Waals surface area contributed by atoms with E-state index < -0.39 is 0 Å². The predicted molar refractivity (Wildman–Crippen MR) is 105 cm³/mol. The zero-order valence-electron chi connectivity index (χ0n) is 16.2. The molecule has 1 aliphatic carbocycles. The molecule has 5 nitrogen and oxygen atoms in total. The average Bonchev–Trinajstić information content (AvgIpc) is 3.25. The molecule has 2 amide bonds. The zero-order chi connectivity index (χ0) is 19.1. The van der Waals surface area contributed by atoms with Gasteiger partial charge in [-0.3, -0.25) is 9.59 Å². The van der Waals surface area contributed by atoms with Crippen molar-refractivity contribution in [1.29, 1.82) is 0 Å². The normalized spacial score (nSPS) is 19.9. The quantitative estimate of drug-likeness (QED) is 0.749. The van der Waals surface area contributed by atoms with E-state index in [1.165, 1.54) is 0 Å². The summed E-state index contributed by atoms with van der Waals surface area (Å²) in [6.45, 7) is 2.19. The van der Waals surface area contributed by atoms with Gasteiger partial charge in [0, 0.05) is 32.0 Å². The first-order valence-corrected chi connectivity index (χ1v) is 9.99. The molecule has 0 radical (unpaired) electrons. The van der Waals surface area contributed by atoms with Gasteiger partial charge in [0.05, 0.1) is 7.11 Å². The van der Waals surface area contributed by atoms with Crippen molar-refractivity contribution in [3.05, 3.63) is 42.0 Å². The minimum Gasteiger partial charge on any atom is -0.497 e. The van der Waals surface area contributed by atoms with E-state index in [4.69, 9.17) is 4.74 Å². The van der Waals surface area contributed by atoms with Crippen LogP contribution in [0.1, 0.15) is 44.1 Å². The van der Waals surface area contributed by atoms with Crippen LogP contribution < -0.4 is 10.1 Å². The number of carbonyl (C=O) groups is 2. The average molecular weight is 370 g/mol. The van der Waals surface area contributed by atoms with Crippen LogP contribution in [0.15, 0.2) is 36.4 Å². The van der Waals surface area contributed by atoms with Crippen LogP contribution in [-0.4, -0.2) is 36.9 Å². The van der Waals surface area contributed by atoms with Crippen LogP contribution in [0, 0.1) is 11.8 Å². The number of nitrogens with one attached hydrogen (secondary N) is 1. The highest BCUT2D eigenvalue weighted by atomic mass is 16.5. The number of piperidine rings is 1. The minimum atomic E-state index is 0.0706. The monoisotopic (exact) mass is 370 g/mol. The first kappa shape index (κ1) is 19.5. The van der Waals surface area contributed by atoms with E-state index in [1.54, 1.807) is 7.11 Å². The largest absolute Gasteiger partial charge is 0.497 e. The summed E-state index contributed by atoms with van der Waals surface area (Å²) in [7, 11) is 1.64. The molecule has 1 unspecified atom stereocenters. The first-order valence-electron chi connectivity index (χ1n) is 9.99. The number of likely N-dealkylation sites (tertiary alicyclic amines) is 1. The van der Waals surface area contributed by atoms with E-state index in [2.05, 4.69) is 17.5 Å². The Hall–Kier alpha value is -2.30. The van der Waals surface area contributed by atoms with Gasteiger partial charge in [0.1, 0.15) is 5.75 Å². The summed E-state index contributed by atoms with van der Waals surface area (Å²) in [4.78, 5) is 26.8. The lowest BCUT2D eigenvalue weighted by molar-refractivity contribution is -0.137. The Morgan fingerprint density at radius 2 is 2.07 bits per heavy atom. The number of hydrogen-bond donors (Lipinski definition) is 1. The topological polar surface area (TPSA) is 58.6 Å². The standard InChI is InChI=1S/C22H30N2O3/c1-27-20-10-4-6-18(14-20)15-23-21(25)12-11-17-7-5-13-24(16-17)22(26)19-8-2-3-9-19/h2-4,6,10,14,17,19H,5,7-9,11-13,15-16H2,1H3,(H,23,25). The van der Waals surface area contributed by atoms with Crippen molar-refractivity contribution in [2.45, 2.75) is 45.1 Å². The lowest BCUT2D eigenvalue weighted by atomic mass is 9.92. The summed E-state index contributed by atoms with van der Waals surface area (Å²) in [5, 5.41) is 2.99. The molecule has 1 atom stereocenters. The highest BCUT2D eigenvalue weighted by molar-refractivity contribution is 5.80. The van der Waals surface area contributed by atoms with Crippen molar-refractivity contribution >= 4 is 11.8 Å². The van der Waals surface area contributed by atoms with Crippen LogP contribution in [0.4, 0.5) is 0 Å². The third-order valence-corrected chi connectivity index (χ3v) is 5.59. The maximum atomic E-state index is 12.6. The van der Waals surface area contributed by atoms with E-state index in [1.807, 2.05) is 29.2 Å². The number of benzene rings is 1. The number of nitrogens with zero attached hydrogens (tertiary/aromatic N) is 1. The molecule has 1 heterocycles. The summed E-state index contributed by atoms with van der Waals surface area (Å²) in [6.07, 6.45) is 9.49. The Bertz CT molecular complexity index is 678. The fourth-order valence-electron chi connectivity index (χ4n) is 3.98. The van der Waals surface area contributed by atoms with Crippen molar-refractivity contribution in [2.24, 2.45) is 11.8 Å². The Morgan fingerprint density at radius 1 is 1.26 bits per heavy atom. The van der Waals surface area contributed by atoms with Gasteiger partial charge >= 0.3 is 0 Å². The van der Waals surface area contributed by atoms with Crippen molar-refractivity contribution in [1.82, 2.24) is 10.2 Å². The number of amides is 2. The molecule has 1 saturated heterocycles. The highest BCUT2D eigenvalue weighted by Crippen LogP contribution is 2.26. The van der Waals surface area contributed by atoms with E-state index in [0.717, 1.165) is 56.5 Å². The second-order valence-electron chi connectivity index (χ2n) is 7.60. The molecule has 0 bridgehead atoms. The minimum absolute atomic E-state index is 0.0706. The van der Waals surface area contributed by atoms with Crippen molar-refractivity contribution in [3.63, 3.8) is 0 Å². The van der Waals surface area contributed by atoms with E-state index in [-0.39, 0.29) is 11.8 Å². The van der Waals surface area contributed by atoms with Crippen LogP contribution in [0.3, 0.4) is 0 Å². The first-order chi connectivity index (χ1) is 13.2. The molecule has 1 N–H and O–H groups in total. The molecular formula is C22H30N2O3. The Morgan fingerprint density at radius 3 is 2.85 bits per heavy atom.